The Morgan fingerprint density at radius 1 is 1.21 bits per heavy atom. The van der Waals surface area contributed by atoms with Gasteiger partial charge in [-0.05, 0) is 56.4 Å². The van der Waals surface area contributed by atoms with E-state index in [0.717, 1.165) is 4.88 Å². The summed E-state index contributed by atoms with van der Waals surface area (Å²) in [4.78, 5) is 15.6. The van der Waals surface area contributed by atoms with Gasteiger partial charge in [0.2, 0.25) is 0 Å². The summed E-state index contributed by atoms with van der Waals surface area (Å²) in [5.74, 6) is -0.0268. The smallest absolute Gasteiger partial charge is 0.271 e. The highest BCUT2D eigenvalue weighted by atomic mass is 35.5. The van der Waals surface area contributed by atoms with Gasteiger partial charge in [0.05, 0.1) is 17.1 Å². The summed E-state index contributed by atoms with van der Waals surface area (Å²) in [6.45, 7) is 0.638. The fourth-order valence-corrected chi connectivity index (χ4v) is 6.60. The molecule has 0 aliphatic carbocycles. The Bertz CT molecular complexity index is 1210. The Morgan fingerprint density at radius 3 is 2.61 bits per heavy atom. The molecule has 1 aliphatic rings. The molecule has 0 bridgehead atoms. The Kier molecular flexibility index (Phi) is 4.91. The van der Waals surface area contributed by atoms with Gasteiger partial charge in [0.25, 0.3) is 5.56 Å². The van der Waals surface area contributed by atoms with Crippen LogP contribution in [0.1, 0.15) is 10.4 Å². The van der Waals surface area contributed by atoms with Crippen molar-refractivity contribution in [2.75, 3.05) is 19.8 Å². The molecule has 146 valence electrons. The highest BCUT2D eigenvalue weighted by Gasteiger charge is 2.30. The first-order valence-electron chi connectivity index (χ1n) is 8.64. The molecule has 28 heavy (non-hydrogen) atoms. The second-order valence-corrected chi connectivity index (χ2v) is 10.8. The predicted molar refractivity (Wildman–Crippen MR) is 111 cm³/mol. The van der Waals surface area contributed by atoms with E-state index in [-0.39, 0.29) is 17.7 Å². The number of hydrogen-bond acceptors (Lipinski definition) is 6. The Balaban J connectivity index is 1.94. The van der Waals surface area contributed by atoms with Gasteiger partial charge in [-0.2, -0.15) is 9.78 Å². The molecule has 3 heterocycles. The maximum absolute atomic E-state index is 12.8. The van der Waals surface area contributed by atoms with Crippen LogP contribution in [0, 0.1) is 0 Å². The van der Waals surface area contributed by atoms with Crippen molar-refractivity contribution in [3.05, 3.63) is 62.2 Å². The minimum absolute atomic E-state index is 0.0268. The van der Waals surface area contributed by atoms with Crippen LogP contribution in [0.4, 0.5) is 0 Å². The molecule has 9 heteroatoms. The minimum atomic E-state index is -3.43. The zero-order valence-corrected chi connectivity index (χ0v) is 17.7. The van der Waals surface area contributed by atoms with E-state index in [9.17, 15) is 13.2 Å². The molecule has 0 spiro atoms. The van der Waals surface area contributed by atoms with E-state index >= 15 is 0 Å². The monoisotopic (exact) mass is 435 g/mol. The number of thiophene rings is 1. The van der Waals surface area contributed by atoms with Crippen molar-refractivity contribution < 1.29 is 8.42 Å². The first-order valence-corrected chi connectivity index (χ1v) is 11.5. The van der Waals surface area contributed by atoms with Crippen LogP contribution in [-0.4, -0.2) is 42.9 Å². The van der Waals surface area contributed by atoms with Crippen molar-refractivity contribution in [1.29, 1.82) is 0 Å². The summed E-state index contributed by atoms with van der Waals surface area (Å²) in [5.41, 5.74) is 2.07. The Hall–Kier alpha value is -2.00. The van der Waals surface area contributed by atoms with Crippen molar-refractivity contribution in [3.8, 4) is 16.9 Å². The number of aromatic nitrogens is 2. The third-order valence-electron chi connectivity index (χ3n) is 4.48. The van der Waals surface area contributed by atoms with Crippen LogP contribution in [-0.2, 0) is 22.8 Å². The molecule has 0 fully saturated rings. The van der Waals surface area contributed by atoms with E-state index in [2.05, 4.69) is 5.10 Å². The van der Waals surface area contributed by atoms with Gasteiger partial charge in [0.1, 0.15) is 4.21 Å². The van der Waals surface area contributed by atoms with E-state index in [1.807, 2.05) is 25.1 Å². The number of nitrogens with zero attached hydrogens (tertiary/aromatic N) is 3. The molecule has 6 nitrogen and oxygen atoms in total. The number of halogens is 1. The van der Waals surface area contributed by atoms with E-state index in [4.69, 9.17) is 11.6 Å². The fourth-order valence-electron chi connectivity index (χ4n) is 3.22. The predicted octanol–water partition coefficient (Wildman–Crippen LogP) is 3.01. The van der Waals surface area contributed by atoms with Gasteiger partial charge in [-0.3, -0.25) is 4.79 Å². The van der Waals surface area contributed by atoms with E-state index in [1.165, 1.54) is 22.1 Å². The van der Waals surface area contributed by atoms with Crippen molar-refractivity contribution in [3.63, 3.8) is 0 Å². The lowest BCUT2D eigenvalue weighted by Crippen LogP contribution is -2.22. The quantitative estimate of drug-likeness (QED) is 0.632. The maximum atomic E-state index is 12.8. The standard InChI is InChI=1S/C19H18ClN3O3S2/c1-22(2)11-15-10-16-18-12(7-8-28(25,26)19(16)27-15)9-17(24)23(21-18)14-5-3-13(20)4-6-14/h3-6,9-10H,7-8,11H2,1-2H3. The van der Waals surface area contributed by atoms with Crippen molar-refractivity contribution in [2.24, 2.45) is 0 Å². The highest BCUT2D eigenvalue weighted by molar-refractivity contribution is 7.93. The number of aryl methyl sites for hydroxylation is 1. The zero-order valence-electron chi connectivity index (χ0n) is 15.3. The number of rotatable bonds is 3. The number of fused-ring (bicyclic) bond motifs is 3. The second-order valence-electron chi connectivity index (χ2n) is 6.97. The summed E-state index contributed by atoms with van der Waals surface area (Å²) < 4.78 is 27.2. The van der Waals surface area contributed by atoms with Crippen LogP contribution in [0.5, 0.6) is 0 Å². The van der Waals surface area contributed by atoms with E-state index in [1.54, 1.807) is 24.3 Å². The van der Waals surface area contributed by atoms with Gasteiger partial charge in [-0.25, -0.2) is 8.42 Å². The van der Waals surface area contributed by atoms with Crippen LogP contribution in [0.25, 0.3) is 16.9 Å². The normalized spacial score (nSPS) is 15.1. The van der Waals surface area contributed by atoms with Gasteiger partial charge >= 0.3 is 0 Å². The van der Waals surface area contributed by atoms with Crippen molar-refractivity contribution >= 4 is 32.8 Å². The molecule has 0 atom stereocenters. The van der Waals surface area contributed by atoms with Crippen molar-refractivity contribution in [2.45, 2.75) is 17.2 Å². The molecule has 1 aliphatic heterocycles. The van der Waals surface area contributed by atoms with Crippen LogP contribution in [0.3, 0.4) is 0 Å². The molecule has 4 rings (SSSR count). The summed E-state index contributed by atoms with van der Waals surface area (Å²) in [5, 5.41) is 5.12. The summed E-state index contributed by atoms with van der Waals surface area (Å²) >= 11 is 7.22. The lowest BCUT2D eigenvalue weighted by atomic mass is 10.1. The van der Waals surface area contributed by atoms with E-state index < -0.39 is 9.84 Å². The summed E-state index contributed by atoms with van der Waals surface area (Å²) in [6, 6.07) is 10.2. The lowest BCUT2D eigenvalue weighted by molar-refractivity contribution is 0.406. The average molecular weight is 436 g/mol. The van der Waals surface area contributed by atoms with Crippen LogP contribution in [0.2, 0.25) is 5.02 Å². The molecule has 0 unspecified atom stereocenters. The molecular formula is C19H18ClN3O3S2. The third kappa shape index (κ3) is 3.53. The molecule has 0 radical (unpaired) electrons. The fraction of sp³-hybridized carbons (Fsp3) is 0.263. The van der Waals surface area contributed by atoms with Gasteiger partial charge in [0, 0.05) is 28.1 Å². The topological polar surface area (TPSA) is 72.3 Å². The lowest BCUT2D eigenvalue weighted by Gasteiger charge is -2.10. The van der Waals surface area contributed by atoms with Gasteiger partial charge < -0.3 is 4.90 Å². The van der Waals surface area contributed by atoms with Gasteiger partial charge in [0.15, 0.2) is 9.84 Å². The molecule has 0 saturated carbocycles. The first-order chi connectivity index (χ1) is 13.2. The van der Waals surface area contributed by atoms with Gasteiger partial charge in [-0.15, -0.1) is 11.3 Å². The molecule has 1 aromatic carbocycles. The van der Waals surface area contributed by atoms with Crippen molar-refractivity contribution in [1.82, 2.24) is 14.7 Å². The highest BCUT2D eigenvalue weighted by Crippen LogP contribution is 2.39. The molecule has 3 aromatic rings. The Labute approximate surface area is 171 Å². The Morgan fingerprint density at radius 2 is 1.93 bits per heavy atom. The number of benzene rings is 1. The number of hydrogen-bond donors (Lipinski definition) is 0. The maximum Gasteiger partial charge on any atom is 0.271 e. The van der Waals surface area contributed by atoms with Crippen LogP contribution < -0.4 is 5.56 Å². The number of sulfone groups is 1. The average Bonchev–Trinajstić information content (AvgIpc) is 3.01. The summed E-state index contributed by atoms with van der Waals surface area (Å²) in [6.07, 6.45) is 0.270. The molecular weight excluding hydrogens is 418 g/mol. The van der Waals surface area contributed by atoms with Crippen LogP contribution >= 0.6 is 22.9 Å². The minimum Gasteiger partial charge on any atom is -0.304 e. The van der Waals surface area contributed by atoms with Crippen LogP contribution in [0.15, 0.2) is 45.4 Å². The molecule has 0 saturated heterocycles. The molecule has 2 aromatic heterocycles. The second kappa shape index (κ2) is 7.11. The third-order valence-corrected chi connectivity index (χ3v) is 8.19. The SMILES string of the molecule is CN(C)Cc1cc2c(s1)S(=O)(=O)CCc1cc(=O)n(-c3ccc(Cl)cc3)nc1-2. The van der Waals surface area contributed by atoms with E-state index in [0.29, 0.717) is 38.3 Å². The molecule has 0 amide bonds. The molecule has 0 N–H and O–H groups in total. The van der Waals surface area contributed by atoms with Gasteiger partial charge in [-0.1, -0.05) is 11.6 Å². The first kappa shape index (κ1) is 19.3. The largest absolute Gasteiger partial charge is 0.304 e. The summed E-state index contributed by atoms with van der Waals surface area (Å²) in [7, 11) is 0.443. The zero-order chi connectivity index (χ0) is 20.1.